The first-order valence-corrected chi connectivity index (χ1v) is 11.1. The molecule has 8 heteroatoms. The van der Waals surface area contributed by atoms with Crippen LogP contribution in [-0.2, 0) is 20.0 Å². The van der Waals surface area contributed by atoms with Gasteiger partial charge in [0, 0.05) is 50.9 Å². The molecule has 1 saturated carbocycles. The molecule has 3 aromatic rings. The first-order chi connectivity index (χ1) is 15.4. The molecular formula is C24H28N6O2. The second-order valence-corrected chi connectivity index (χ2v) is 8.95. The molecule has 5 rings (SSSR count). The lowest BCUT2D eigenvalue weighted by Gasteiger charge is -2.24. The van der Waals surface area contributed by atoms with E-state index < -0.39 is 0 Å². The Labute approximate surface area is 187 Å². The summed E-state index contributed by atoms with van der Waals surface area (Å²) in [5.74, 6) is 0.557. The van der Waals surface area contributed by atoms with Crippen molar-refractivity contribution in [1.82, 2.24) is 29.5 Å². The van der Waals surface area contributed by atoms with E-state index >= 15 is 0 Å². The van der Waals surface area contributed by atoms with E-state index in [1.54, 1.807) is 19.0 Å². The normalized spacial score (nSPS) is 17.7. The maximum Gasteiger partial charge on any atom is 0.270 e. The topological polar surface area (TPSA) is 85.1 Å². The van der Waals surface area contributed by atoms with Crippen molar-refractivity contribution in [2.75, 3.05) is 7.05 Å². The van der Waals surface area contributed by atoms with E-state index in [1.165, 1.54) is 16.4 Å². The molecule has 1 fully saturated rings. The summed E-state index contributed by atoms with van der Waals surface area (Å²) in [4.78, 5) is 32.5. The van der Waals surface area contributed by atoms with Crippen LogP contribution < -0.4 is 5.32 Å². The van der Waals surface area contributed by atoms with Gasteiger partial charge in [-0.05, 0) is 32.3 Å². The summed E-state index contributed by atoms with van der Waals surface area (Å²) in [6.07, 6.45) is 7.09. The minimum atomic E-state index is -0.263. The average Bonchev–Trinajstić information content (AvgIpc) is 3.42. The van der Waals surface area contributed by atoms with Gasteiger partial charge in [-0.1, -0.05) is 23.8 Å². The van der Waals surface area contributed by atoms with Gasteiger partial charge in [-0.15, -0.1) is 0 Å². The maximum absolute atomic E-state index is 13.1. The van der Waals surface area contributed by atoms with E-state index in [-0.39, 0.29) is 23.9 Å². The molecule has 1 aliphatic carbocycles. The van der Waals surface area contributed by atoms with Crippen molar-refractivity contribution < 1.29 is 9.59 Å². The number of aryl methyl sites for hydroxylation is 3. The number of benzene rings is 1. The van der Waals surface area contributed by atoms with Gasteiger partial charge in [-0.25, -0.2) is 4.98 Å². The zero-order valence-electron chi connectivity index (χ0n) is 18.7. The highest BCUT2D eigenvalue weighted by atomic mass is 16.2. The SMILES string of the molecule is Cc1cccc(-c2cn3c(n2)C[C@H](NC(=O)c2c(C(=O)N(C)C4CC4)cnn2C)CC3)c1. The smallest absolute Gasteiger partial charge is 0.270 e. The molecule has 0 spiro atoms. The average molecular weight is 433 g/mol. The largest absolute Gasteiger partial charge is 0.347 e. The van der Waals surface area contributed by atoms with Crippen LogP contribution >= 0.6 is 0 Å². The standard InChI is InChI=1S/C24H28N6O2/c1-15-5-4-6-16(11-15)20-14-30-10-9-17(12-21(30)27-20)26-23(31)22-19(13-25-29(22)3)24(32)28(2)18-7-8-18/h4-6,11,13-14,17-18H,7-10,12H2,1-3H3,(H,26,31)/t17-/m1/s1. The Hall–Kier alpha value is -3.42. The van der Waals surface area contributed by atoms with Crippen LogP contribution in [0.3, 0.4) is 0 Å². The third-order valence-electron chi connectivity index (χ3n) is 6.45. The molecule has 1 aliphatic heterocycles. The molecular weight excluding hydrogens is 404 g/mol. The molecule has 32 heavy (non-hydrogen) atoms. The molecule has 0 radical (unpaired) electrons. The quantitative estimate of drug-likeness (QED) is 0.672. The van der Waals surface area contributed by atoms with E-state index in [0.717, 1.165) is 42.9 Å². The monoisotopic (exact) mass is 432 g/mol. The molecule has 1 N–H and O–H groups in total. The van der Waals surface area contributed by atoms with E-state index in [4.69, 9.17) is 4.98 Å². The number of nitrogens with one attached hydrogen (secondary N) is 1. The van der Waals surface area contributed by atoms with Gasteiger partial charge in [0.1, 0.15) is 11.5 Å². The highest BCUT2D eigenvalue weighted by molar-refractivity contribution is 6.06. The Kier molecular flexibility index (Phi) is 5.07. The fourth-order valence-electron chi connectivity index (χ4n) is 4.43. The molecule has 3 heterocycles. The molecule has 0 unspecified atom stereocenters. The van der Waals surface area contributed by atoms with Crippen LogP contribution in [0.5, 0.6) is 0 Å². The Morgan fingerprint density at radius 1 is 1.22 bits per heavy atom. The summed E-state index contributed by atoms with van der Waals surface area (Å²) < 4.78 is 3.66. The fraction of sp³-hybridized carbons (Fsp3) is 0.417. The number of rotatable bonds is 5. The fourth-order valence-corrected chi connectivity index (χ4v) is 4.43. The third-order valence-corrected chi connectivity index (χ3v) is 6.45. The molecule has 2 amide bonds. The second kappa shape index (κ2) is 7.93. The Morgan fingerprint density at radius 3 is 2.78 bits per heavy atom. The van der Waals surface area contributed by atoms with Gasteiger partial charge in [-0.2, -0.15) is 5.10 Å². The van der Waals surface area contributed by atoms with Gasteiger partial charge < -0.3 is 14.8 Å². The van der Waals surface area contributed by atoms with Crippen LogP contribution in [0.25, 0.3) is 11.3 Å². The summed E-state index contributed by atoms with van der Waals surface area (Å²) in [5.41, 5.74) is 3.94. The lowest BCUT2D eigenvalue weighted by Crippen LogP contribution is -2.41. The molecule has 166 valence electrons. The van der Waals surface area contributed by atoms with Crippen LogP contribution in [0.2, 0.25) is 0 Å². The number of carbonyl (C=O) groups is 2. The van der Waals surface area contributed by atoms with Gasteiger partial charge in [0.05, 0.1) is 17.5 Å². The molecule has 1 aromatic carbocycles. The van der Waals surface area contributed by atoms with Crippen molar-refractivity contribution in [2.24, 2.45) is 7.05 Å². The van der Waals surface area contributed by atoms with Gasteiger partial charge in [0.25, 0.3) is 11.8 Å². The zero-order chi connectivity index (χ0) is 22.4. The summed E-state index contributed by atoms with van der Waals surface area (Å²) in [6.45, 7) is 2.87. The van der Waals surface area contributed by atoms with Gasteiger partial charge in [-0.3, -0.25) is 14.3 Å². The highest BCUT2D eigenvalue weighted by Gasteiger charge is 2.34. The summed E-state index contributed by atoms with van der Waals surface area (Å²) in [7, 11) is 3.49. The molecule has 0 saturated heterocycles. The van der Waals surface area contributed by atoms with Crippen molar-refractivity contribution in [1.29, 1.82) is 0 Å². The number of nitrogens with zero attached hydrogens (tertiary/aromatic N) is 5. The summed E-state index contributed by atoms with van der Waals surface area (Å²) >= 11 is 0. The lowest BCUT2D eigenvalue weighted by molar-refractivity contribution is 0.0775. The first kappa shape index (κ1) is 20.5. The van der Waals surface area contributed by atoms with Gasteiger partial charge >= 0.3 is 0 Å². The number of hydrogen-bond acceptors (Lipinski definition) is 4. The van der Waals surface area contributed by atoms with Crippen molar-refractivity contribution in [3.8, 4) is 11.3 Å². The summed E-state index contributed by atoms with van der Waals surface area (Å²) in [6, 6.07) is 8.55. The van der Waals surface area contributed by atoms with E-state index in [2.05, 4.69) is 46.3 Å². The molecule has 2 aliphatic rings. The molecule has 1 atom stereocenters. The predicted molar refractivity (Wildman–Crippen MR) is 120 cm³/mol. The molecule has 2 aromatic heterocycles. The minimum Gasteiger partial charge on any atom is -0.347 e. The van der Waals surface area contributed by atoms with Gasteiger partial charge in [0.15, 0.2) is 0 Å². The Bertz CT molecular complexity index is 1190. The maximum atomic E-state index is 13.1. The van der Waals surface area contributed by atoms with Crippen LogP contribution in [-0.4, -0.2) is 55.2 Å². The number of carbonyl (C=O) groups excluding carboxylic acids is 2. The second-order valence-electron chi connectivity index (χ2n) is 8.95. The number of aromatic nitrogens is 4. The predicted octanol–water partition coefficient (Wildman–Crippen LogP) is 2.57. The third kappa shape index (κ3) is 3.81. The number of fused-ring (bicyclic) bond motifs is 1. The van der Waals surface area contributed by atoms with Crippen molar-refractivity contribution in [2.45, 2.75) is 51.2 Å². The van der Waals surface area contributed by atoms with Crippen LogP contribution in [0.1, 0.15) is 51.5 Å². The Balaban J connectivity index is 1.31. The van der Waals surface area contributed by atoms with E-state index in [1.807, 2.05) is 6.07 Å². The number of imidazole rings is 1. The van der Waals surface area contributed by atoms with Crippen molar-refractivity contribution in [3.05, 3.63) is 59.3 Å². The minimum absolute atomic E-state index is 0.0400. The molecule has 0 bridgehead atoms. The molecule has 8 nitrogen and oxygen atoms in total. The number of amides is 2. The highest BCUT2D eigenvalue weighted by Crippen LogP contribution is 2.27. The zero-order valence-corrected chi connectivity index (χ0v) is 18.7. The first-order valence-electron chi connectivity index (χ1n) is 11.1. The van der Waals surface area contributed by atoms with E-state index in [9.17, 15) is 9.59 Å². The van der Waals surface area contributed by atoms with Crippen LogP contribution in [0.15, 0.2) is 36.7 Å². The van der Waals surface area contributed by atoms with E-state index in [0.29, 0.717) is 17.7 Å². The number of hydrogen-bond donors (Lipinski definition) is 1. The van der Waals surface area contributed by atoms with Crippen LogP contribution in [0.4, 0.5) is 0 Å². The van der Waals surface area contributed by atoms with Gasteiger partial charge in [0.2, 0.25) is 0 Å². The lowest BCUT2D eigenvalue weighted by atomic mass is 10.1. The van der Waals surface area contributed by atoms with Crippen molar-refractivity contribution in [3.63, 3.8) is 0 Å². The Morgan fingerprint density at radius 2 is 2.03 bits per heavy atom. The summed E-state index contributed by atoms with van der Waals surface area (Å²) in [5, 5.41) is 7.30. The van der Waals surface area contributed by atoms with Crippen LogP contribution in [0, 0.1) is 6.92 Å². The van der Waals surface area contributed by atoms with Crippen molar-refractivity contribution >= 4 is 11.8 Å².